The van der Waals surface area contributed by atoms with Crippen LogP contribution >= 0.6 is 0 Å². The first-order valence-corrected chi connectivity index (χ1v) is 13.6. The lowest BCUT2D eigenvalue weighted by Gasteiger charge is -2.38. The van der Waals surface area contributed by atoms with Crippen molar-refractivity contribution in [1.82, 2.24) is 19.8 Å². The number of piperazine rings is 1. The molecule has 0 spiro atoms. The molecule has 0 aliphatic carbocycles. The van der Waals surface area contributed by atoms with E-state index in [1.165, 1.54) is 0 Å². The zero-order valence-electron chi connectivity index (χ0n) is 23.7. The Morgan fingerprint density at radius 3 is 2.30 bits per heavy atom. The number of nitrogens with zero attached hydrogens (tertiary/aromatic N) is 6. The van der Waals surface area contributed by atoms with Gasteiger partial charge in [0.25, 0.3) is 0 Å². The van der Waals surface area contributed by atoms with Crippen molar-refractivity contribution < 1.29 is 28.6 Å². The minimum atomic E-state index is -0.663. The number of para-hydroxylation sites is 1. The first-order valence-electron chi connectivity index (χ1n) is 13.6. The van der Waals surface area contributed by atoms with Gasteiger partial charge in [-0.2, -0.15) is 4.98 Å². The molecule has 0 unspecified atom stereocenters. The van der Waals surface area contributed by atoms with Crippen molar-refractivity contribution in [2.45, 2.75) is 33.3 Å². The van der Waals surface area contributed by atoms with Gasteiger partial charge in [-0.1, -0.05) is 18.2 Å². The molecule has 0 bridgehead atoms. The number of rotatable bonds is 8. The summed E-state index contributed by atoms with van der Waals surface area (Å²) in [5.41, 5.74) is 0.209. The Bertz CT molecular complexity index is 1170. The number of morpholine rings is 1. The Morgan fingerprint density at radius 2 is 1.70 bits per heavy atom. The number of ether oxygens (including phenoxy) is 3. The van der Waals surface area contributed by atoms with E-state index in [2.05, 4.69) is 9.88 Å². The Morgan fingerprint density at radius 1 is 1.02 bits per heavy atom. The second-order valence-electron chi connectivity index (χ2n) is 10.5. The smallest absolute Gasteiger partial charge is 0.410 e. The number of benzene rings is 1. The van der Waals surface area contributed by atoms with Crippen LogP contribution < -0.4 is 9.80 Å². The molecular formula is C28H38N6O6. The number of aromatic nitrogens is 2. The molecule has 2 aliphatic rings. The third-order valence-electron chi connectivity index (χ3n) is 6.48. The molecule has 0 atom stereocenters. The van der Waals surface area contributed by atoms with Gasteiger partial charge in [0.15, 0.2) is 12.1 Å². The number of amides is 1. The van der Waals surface area contributed by atoms with E-state index < -0.39 is 11.6 Å². The maximum Gasteiger partial charge on any atom is 0.410 e. The first kappa shape index (κ1) is 29.2. The van der Waals surface area contributed by atoms with Crippen LogP contribution in [0.15, 0.2) is 30.3 Å². The fourth-order valence-electron chi connectivity index (χ4n) is 4.52. The van der Waals surface area contributed by atoms with Gasteiger partial charge in [0.05, 0.1) is 26.5 Å². The minimum Gasteiger partial charge on any atom is -0.462 e. The Balaban J connectivity index is 1.69. The summed E-state index contributed by atoms with van der Waals surface area (Å²) in [6.45, 7) is 12.0. The predicted molar refractivity (Wildman–Crippen MR) is 149 cm³/mol. The fourth-order valence-corrected chi connectivity index (χ4v) is 4.52. The third-order valence-corrected chi connectivity index (χ3v) is 6.48. The molecule has 2 fully saturated rings. The van der Waals surface area contributed by atoms with Crippen LogP contribution in [0.5, 0.6) is 0 Å². The second-order valence-corrected chi connectivity index (χ2v) is 10.5. The van der Waals surface area contributed by atoms with Crippen molar-refractivity contribution in [3.05, 3.63) is 41.6 Å². The highest BCUT2D eigenvalue weighted by Crippen LogP contribution is 2.31. The average Bonchev–Trinajstić information content (AvgIpc) is 2.95. The Kier molecular flexibility index (Phi) is 9.54. The molecule has 4 rings (SSSR count). The van der Waals surface area contributed by atoms with Crippen LogP contribution in [0, 0.1) is 0 Å². The van der Waals surface area contributed by atoms with Crippen molar-refractivity contribution in [2.24, 2.45) is 0 Å². The molecule has 12 nitrogen and oxygen atoms in total. The zero-order valence-corrected chi connectivity index (χ0v) is 23.7. The molecule has 2 aromatic rings. The number of esters is 1. The summed E-state index contributed by atoms with van der Waals surface area (Å²) in [7, 11) is 0. The number of aldehydes is 1. The van der Waals surface area contributed by atoms with Crippen LogP contribution in [0.1, 0.15) is 48.5 Å². The normalized spacial score (nSPS) is 16.4. The molecule has 2 aliphatic heterocycles. The molecule has 3 heterocycles. The molecule has 1 amide bonds. The quantitative estimate of drug-likeness (QED) is 0.354. The van der Waals surface area contributed by atoms with Gasteiger partial charge >= 0.3 is 12.1 Å². The summed E-state index contributed by atoms with van der Waals surface area (Å²) in [4.78, 5) is 55.0. The monoisotopic (exact) mass is 554 g/mol. The number of hydrogen-bond acceptors (Lipinski definition) is 11. The van der Waals surface area contributed by atoms with Gasteiger partial charge in [0, 0.05) is 45.0 Å². The largest absolute Gasteiger partial charge is 0.462 e. The summed E-state index contributed by atoms with van der Waals surface area (Å²) in [6.07, 6.45) is 0.239. The van der Waals surface area contributed by atoms with Crippen LogP contribution in [0.3, 0.4) is 0 Å². The molecule has 216 valence electrons. The van der Waals surface area contributed by atoms with Crippen LogP contribution in [0.2, 0.25) is 0 Å². The zero-order chi connectivity index (χ0) is 28.7. The van der Waals surface area contributed by atoms with E-state index in [0.29, 0.717) is 71.4 Å². The first-order chi connectivity index (χ1) is 19.2. The van der Waals surface area contributed by atoms with Crippen molar-refractivity contribution in [3.63, 3.8) is 0 Å². The molecule has 2 saturated heterocycles. The highest BCUT2D eigenvalue weighted by molar-refractivity contribution is 6.02. The standard InChI is InChI=1S/C28H38N6O6/c1-5-39-25(36)23-22(19-35)29-26(32-15-17-38-18-16-32)30-24(23)34(21-9-7-6-8-10-21)20-31-11-13-33(14-12-31)27(37)40-28(2,3)4/h6-10,19H,5,11-18,20H2,1-4H3. The van der Waals surface area contributed by atoms with Crippen LogP contribution in [0.25, 0.3) is 0 Å². The lowest BCUT2D eigenvalue weighted by molar-refractivity contribution is 0.0146. The fraction of sp³-hybridized carbons (Fsp3) is 0.536. The van der Waals surface area contributed by atoms with Gasteiger partial charge in [-0.25, -0.2) is 14.6 Å². The van der Waals surface area contributed by atoms with E-state index in [1.54, 1.807) is 11.8 Å². The molecule has 1 aromatic carbocycles. The van der Waals surface area contributed by atoms with Gasteiger partial charge in [-0.3, -0.25) is 9.69 Å². The molecule has 40 heavy (non-hydrogen) atoms. The molecule has 0 radical (unpaired) electrons. The van der Waals surface area contributed by atoms with E-state index in [1.807, 2.05) is 60.9 Å². The Hall–Kier alpha value is -3.77. The van der Waals surface area contributed by atoms with E-state index >= 15 is 0 Å². The molecular weight excluding hydrogens is 516 g/mol. The van der Waals surface area contributed by atoms with Crippen molar-refractivity contribution in [1.29, 1.82) is 0 Å². The SMILES string of the molecule is CCOC(=O)c1c(C=O)nc(N2CCOCC2)nc1N(CN1CCN(C(=O)OC(C)(C)C)CC1)c1ccccc1. The van der Waals surface area contributed by atoms with Crippen LogP contribution in [-0.4, -0.2) is 109 Å². The van der Waals surface area contributed by atoms with E-state index in [-0.39, 0.29) is 29.8 Å². The average molecular weight is 555 g/mol. The lowest BCUT2D eigenvalue weighted by Crippen LogP contribution is -2.52. The van der Waals surface area contributed by atoms with E-state index in [9.17, 15) is 14.4 Å². The maximum absolute atomic E-state index is 13.2. The summed E-state index contributed by atoms with van der Waals surface area (Å²) in [6, 6.07) is 9.55. The number of hydrogen-bond donors (Lipinski definition) is 0. The third kappa shape index (κ3) is 7.24. The Labute approximate surface area is 234 Å². The van der Waals surface area contributed by atoms with Gasteiger partial charge in [0.2, 0.25) is 5.95 Å². The predicted octanol–water partition coefficient (Wildman–Crippen LogP) is 2.95. The van der Waals surface area contributed by atoms with Gasteiger partial charge in [-0.15, -0.1) is 0 Å². The second kappa shape index (κ2) is 13.1. The summed E-state index contributed by atoms with van der Waals surface area (Å²) >= 11 is 0. The van der Waals surface area contributed by atoms with E-state index in [0.717, 1.165) is 5.69 Å². The lowest BCUT2D eigenvalue weighted by atomic mass is 10.2. The van der Waals surface area contributed by atoms with Gasteiger partial charge in [-0.05, 0) is 39.8 Å². The van der Waals surface area contributed by atoms with Crippen molar-refractivity contribution >= 4 is 35.8 Å². The maximum atomic E-state index is 13.2. The van der Waals surface area contributed by atoms with Crippen molar-refractivity contribution in [3.8, 4) is 0 Å². The molecule has 12 heteroatoms. The number of carbonyl (C=O) groups excluding carboxylic acids is 3. The van der Waals surface area contributed by atoms with E-state index in [4.69, 9.17) is 19.2 Å². The summed E-state index contributed by atoms with van der Waals surface area (Å²) in [5.74, 6) is -0.0225. The minimum absolute atomic E-state index is 0.0186. The van der Waals surface area contributed by atoms with Crippen LogP contribution in [-0.2, 0) is 14.2 Å². The number of anilines is 3. The molecule has 1 aromatic heterocycles. The highest BCUT2D eigenvalue weighted by atomic mass is 16.6. The van der Waals surface area contributed by atoms with Crippen LogP contribution in [0.4, 0.5) is 22.2 Å². The summed E-state index contributed by atoms with van der Waals surface area (Å²) in [5, 5.41) is 0. The summed E-state index contributed by atoms with van der Waals surface area (Å²) < 4.78 is 16.4. The topological polar surface area (TPSA) is 118 Å². The molecule has 0 saturated carbocycles. The number of carbonyl (C=O) groups is 3. The van der Waals surface area contributed by atoms with Gasteiger partial charge in [0.1, 0.15) is 16.9 Å². The molecule has 0 N–H and O–H groups in total. The highest BCUT2D eigenvalue weighted by Gasteiger charge is 2.31. The van der Waals surface area contributed by atoms with Gasteiger partial charge < -0.3 is 28.9 Å². The van der Waals surface area contributed by atoms with Crippen molar-refractivity contribution in [2.75, 3.05) is 75.6 Å².